The Morgan fingerprint density at radius 1 is 0.660 bits per heavy atom. The Kier molecular flexibility index (Phi) is 15.2. The van der Waals surface area contributed by atoms with Gasteiger partial charge in [-0.1, -0.05) is 138 Å². The van der Waals surface area contributed by atoms with Crippen molar-refractivity contribution >= 4 is 30.8 Å². The Morgan fingerprint density at radius 3 is 1.60 bits per heavy atom. The summed E-state index contributed by atoms with van der Waals surface area (Å²) in [5.74, 6) is -0.00288. The number of sulfonamides is 1. The topological polar surface area (TPSA) is 97.6 Å². The monoisotopic (exact) mass is 727 g/mol. The molecule has 7 nitrogen and oxygen atoms in total. The van der Waals surface area contributed by atoms with E-state index in [0.717, 1.165) is 36.0 Å². The van der Waals surface area contributed by atoms with Crippen LogP contribution in [0.25, 0.3) is 22.2 Å². The molecule has 0 fully saturated rings. The van der Waals surface area contributed by atoms with E-state index in [1.807, 2.05) is 17.7 Å². The Hall–Kier alpha value is -2.65. The van der Waals surface area contributed by atoms with Gasteiger partial charge in [0.2, 0.25) is 10.0 Å². The molecule has 3 aromatic rings. The fourth-order valence-electron chi connectivity index (χ4n) is 6.34. The molecule has 0 spiro atoms. The highest BCUT2D eigenvalue weighted by Crippen LogP contribution is 2.34. The minimum absolute atomic E-state index is 0.00288. The third-order valence-corrected chi connectivity index (χ3v) is 12.0. The van der Waals surface area contributed by atoms with E-state index < -0.39 is 19.9 Å². The lowest BCUT2D eigenvalue weighted by Gasteiger charge is -2.27. The second kappa shape index (κ2) is 18.2. The van der Waals surface area contributed by atoms with E-state index >= 15 is 0 Å². The first-order valence-corrected chi connectivity index (χ1v) is 22.4. The summed E-state index contributed by atoms with van der Waals surface area (Å²) >= 11 is 0. The normalized spacial score (nSPS) is 13.3. The number of benzene rings is 2. The maximum Gasteiger partial charge on any atom is 0.247 e. The van der Waals surface area contributed by atoms with Gasteiger partial charge in [0.25, 0.3) is 0 Å². The standard InChI is InChI=1S/C41H65N3O4S2/c1-10-11-12-13-14-15-16-17-18-19-20-21-22-23-26-50(47,48)43-42-37-31-39(44(8)38-25-24-35(30-36(37)38)49(9,45)46)32-27-33(40(2,3)4)29-34(28-32)41(5,6)7/h24-25,27-31,43H,10-23,26H2,1-9H3/b42-37+. The van der Waals surface area contributed by atoms with Crippen LogP contribution in [0.2, 0.25) is 0 Å². The first-order valence-electron chi connectivity index (χ1n) is 18.9. The molecule has 0 saturated heterocycles. The van der Waals surface area contributed by atoms with Crippen LogP contribution in [0, 0.1) is 0 Å². The van der Waals surface area contributed by atoms with Crippen molar-refractivity contribution in [3.05, 3.63) is 58.9 Å². The van der Waals surface area contributed by atoms with Crippen molar-refractivity contribution in [2.45, 2.75) is 154 Å². The van der Waals surface area contributed by atoms with Gasteiger partial charge in [-0.2, -0.15) is 5.10 Å². The average molecular weight is 728 g/mol. The number of aryl methyl sites for hydroxylation is 1. The molecule has 50 heavy (non-hydrogen) atoms. The molecule has 1 heterocycles. The van der Waals surface area contributed by atoms with Gasteiger partial charge in [-0.25, -0.2) is 21.7 Å². The van der Waals surface area contributed by atoms with Crippen molar-refractivity contribution in [3.8, 4) is 11.3 Å². The predicted octanol–water partition coefficient (Wildman–Crippen LogP) is 10.1. The van der Waals surface area contributed by atoms with E-state index in [0.29, 0.717) is 17.2 Å². The lowest BCUT2D eigenvalue weighted by Crippen LogP contribution is -2.25. The molecule has 280 valence electrons. The van der Waals surface area contributed by atoms with Gasteiger partial charge in [0.15, 0.2) is 9.84 Å². The molecule has 0 radical (unpaired) electrons. The highest BCUT2D eigenvalue weighted by molar-refractivity contribution is 7.90. The smallest absolute Gasteiger partial charge is 0.247 e. The van der Waals surface area contributed by atoms with Gasteiger partial charge in [-0.05, 0) is 70.3 Å². The molecule has 2 aromatic carbocycles. The zero-order valence-electron chi connectivity index (χ0n) is 32.5. The second-order valence-electron chi connectivity index (χ2n) is 16.3. The first kappa shape index (κ1) is 41.8. The molecule has 0 aliphatic heterocycles. The third-order valence-electron chi connectivity index (χ3n) is 9.70. The SMILES string of the molecule is CCCCCCCCCCCCCCCCS(=O)(=O)N/N=c1\cc(-c2cc(C(C)(C)C)cc(C(C)(C)C)c2)n(C)c2ccc(S(C)(=O)=O)cc12. The molecule has 0 amide bonds. The molecule has 0 aliphatic rings. The van der Waals surface area contributed by atoms with Crippen LogP contribution in [0.1, 0.15) is 149 Å². The van der Waals surface area contributed by atoms with Crippen LogP contribution in [0.15, 0.2) is 52.5 Å². The van der Waals surface area contributed by atoms with E-state index in [-0.39, 0.29) is 21.5 Å². The van der Waals surface area contributed by atoms with Crippen LogP contribution in [0.4, 0.5) is 0 Å². The minimum atomic E-state index is -3.68. The Morgan fingerprint density at radius 2 is 1.14 bits per heavy atom. The van der Waals surface area contributed by atoms with Gasteiger partial charge in [-0.3, -0.25) is 0 Å². The predicted molar refractivity (Wildman–Crippen MR) is 212 cm³/mol. The number of unbranched alkanes of at least 4 members (excludes halogenated alkanes) is 13. The summed E-state index contributed by atoms with van der Waals surface area (Å²) in [5, 5.41) is 5.37. The van der Waals surface area contributed by atoms with E-state index in [4.69, 9.17) is 0 Å². The van der Waals surface area contributed by atoms with Crippen molar-refractivity contribution in [2.75, 3.05) is 12.0 Å². The van der Waals surface area contributed by atoms with Crippen LogP contribution in [-0.4, -0.2) is 33.4 Å². The molecule has 0 unspecified atom stereocenters. The van der Waals surface area contributed by atoms with Gasteiger partial charge in [-0.15, -0.1) is 0 Å². The van der Waals surface area contributed by atoms with E-state index in [1.54, 1.807) is 18.2 Å². The Labute approximate surface area is 304 Å². The quantitative estimate of drug-likeness (QED) is 0.0982. The molecule has 1 aromatic heterocycles. The largest absolute Gasteiger partial charge is 0.344 e. The summed E-state index contributed by atoms with van der Waals surface area (Å²) in [5.41, 5.74) is 4.79. The van der Waals surface area contributed by atoms with Crippen molar-refractivity contribution in [1.29, 1.82) is 0 Å². The molecule has 0 saturated carbocycles. The zero-order valence-corrected chi connectivity index (χ0v) is 34.1. The fraction of sp³-hybridized carbons (Fsp3) is 0.634. The number of nitrogens with one attached hydrogen (secondary N) is 1. The maximum absolute atomic E-state index is 13.1. The number of pyridine rings is 1. The maximum atomic E-state index is 13.1. The number of sulfone groups is 1. The second-order valence-corrected chi connectivity index (χ2v) is 20.2. The minimum Gasteiger partial charge on any atom is -0.344 e. The van der Waals surface area contributed by atoms with Crippen LogP contribution in [0.3, 0.4) is 0 Å². The summed E-state index contributed by atoms with van der Waals surface area (Å²) in [6.07, 6.45) is 18.0. The molecule has 1 N–H and O–H groups in total. The molecule has 9 heteroatoms. The van der Waals surface area contributed by atoms with Crippen molar-refractivity contribution in [1.82, 2.24) is 9.40 Å². The summed E-state index contributed by atoms with van der Waals surface area (Å²) < 4.78 is 53.3. The van der Waals surface area contributed by atoms with Gasteiger partial charge >= 0.3 is 0 Å². The zero-order chi connectivity index (χ0) is 37.2. The van der Waals surface area contributed by atoms with Gasteiger partial charge in [0.1, 0.15) is 0 Å². The Balaban J connectivity index is 1.79. The highest BCUT2D eigenvalue weighted by atomic mass is 32.2. The van der Waals surface area contributed by atoms with Gasteiger partial charge in [0.05, 0.1) is 27.2 Å². The number of hydrogen-bond donors (Lipinski definition) is 1. The van der Waals surface area contributed by atoms with E-state index in [1.165, 1.54) is 81.6 Å². The Bertz CT molecular complexity index is 1810. The van der Waals surface area contributed by atoms with Gasteiger partial charge < -0.3 is 4.57 Å². The van der Waals surface area contributed by atoms with Crippen molar-refractivity contribution in [2.24, 2.45) is 12.1 Å². The van der Waals surface area contributed by atoms with Crippen molar-refractivity contribution < 1.29 is 16.8 Å². The molecule has 0 bridgehead atoms. The summed E-state index contributed by atoms with van der Waals surface area (Å²) in [7, 11) is -5.23. The van der Waals surface area contributed by atoms with E-state index in [2.05, 4.69) is 76.6 Å². The van der Waals surface area contributed by atoms with E-state index in [9.17, 15) is 16.8 Å². The molecule has 0 aliphatic carbocycles. The summed E-state index contributed by atoms with van der Waals surface area (Å²) in [4.78, 5) is 2.64. The molecular weight excluding hydrogens is 663 g/mol. The number of fused-ring (bicyclic) bond motifs is 1. The van der Waals surface area contributed by atoms with Crippen LogP contribution in [-0.2, 0) is 37.7 Å². The number of rotatable bonds is 19. The van der Waals surface area contributed by atoms with Crippen LogP contribution >= 0.6 is 0 Å². The van der Waals surface area contributed by atoms with Crippen LogP contribution in [0.5, 0.6) is 0 Å². The lowest BCUT2D eigenvalue weighted by molar-refractivity contribution is 0.536. The molecule has 0 atom stereocenters. The van der Waals surface area contributed by atoms with Crippen LogP contribution < -0.4 is 10.2 Å². The first-order chi connectivity index (χ1) is 23.3. The summed E-state index contributed by atoms with van der Waals surface area (Å²) in [6, 6.07) is 13.4. The molecule has 3 rings (SSSR count). The lowest BCUT2D eigenvalue weighted by atomic mass is 9.79. The average Bonchev–Trinajstić information content (AvgIpc) is 3.03. The van der Waals surface area contributed by atoms with Crippen molar-refractivity contribution in [3.63, 3.8) is 0 Å². The number of hydrogen-bond acceptors (Lipinski definition) is 5. The number of nitrogens with zero attached hydrogens (tertiary/aromatic N) is 2. The highest BCUT2D eigenvalue weighted by Gasteiger charge is 2.22. The van der Waals surface area contributed by atoms with Gasteiger partial charge in [0, 0.05) is 18.7 Å². The number of aromatic nitrogens is 1. The fourth-order valence-corrected chi connectivity index (χ4v) is 7.90. The third kappa shape index (κ3) is 12.8. The molecular formula is C41H65N3O4S2. The summed E-state index contributed by atoms with van der Waals surface area (Å²) in [6.45, 7) is 15.4.